The lowest BCUT2D eigenvalue weighted by Crippen LogP contribution is -2.48. The molecule has 0 aliphatic carbocycles. The van der Waals surface area contributed by atoms with Crippen LogP contribution in [0.2, 0.25) is 0 Å². The van der Waals surface area contributed by atoms with Gasteiger partial charge in [0.25, 0.3) is 5.91 Å². The Hall–Kier alpha value is -2.51. The maximum atomic E-state index is 12.4. The largest absolute Gasteiger partial charge is 0.445 e. The Labute approximate surface area is 157 Å². The standard InChI is InChI=1S/C19H22N2O4S/c1-21(24-2)18(22)17(14-26-16-11-7-4-8-12-16)20-19(23)25-13-15-9-5-3-6-10-15/h3-12,17H,13-14H2,1-2H3,(H,20,23)/t17-/m0/s1. The lowest BCUT2D eigenvalue weighted by atomic mass is 10.2. The number of amides is 2. The van der Waals surface area contributed by atoms with Gasteiger partial charge in [-0.15, -0.1) is 11.8 Å². The van der Waals surface area contributed by atoms with Crippen molar-refractivity contribution in [2.75, 3.05) is 19.9 Å². The van der Waals surface area contributed by atoms with E-state index in [2.05, 4.69) is 5.32 Å². The molecule has 1 N–H and O–H groups in total. The van der Waals surface area contributed by atoms with Crippen LogP contribution >= 0.6 is 11.8 Å². The van der Waals surface area contributed by atoms with E-state index >= 15 is 0 Å². The van der Waals surface area contributed by atoms with Crippen LogP contribution < -0.4 is 5.32 Å². The predicted octanol–water partition coefficient (Wildman–Crippen LogP) is 3.09. The number of nitrogens with zero attached hydrogens (tertiary/aromatic N) is 1. The lowest BCUT2D eigenvalue weighted by Gasteiger charge is -2.22. The van der Waals surface area contributed by atoms with Crippen molar-refractivity contribution in [2.45, 2.75) is 17.5 Å². The molecule has 0 bridgehead atoms. The maximum absolute atomic E-state index is 12.4. The number of likely N-dealkylation sites (N-methyl/N-ethyl adjacent to an activating group) is 1. The van der Waals surface area contributed by atoms with E-state index in [0.29, 0.717) is 5.75 Å². The molecule has 0 fully saturated rings. The molecule has 6 nitrogen and oxygen atoms in total. The van der Waals surface area contributed by atoms with Gasteiger partial charge in [-0.05, 0) is 17.7 Å². The minimum absolute atomic E-state index is 0.138. The molecule has 0 aromatic heterocycles. The van der Waals surface area contributed by atoms with Gasteiger partial charge in [-0.1, -0.05) is 48.5 Å². The molecule has 1 atom stereocenters. The molecule has 0 radical (unpaired) electrons. The Bertz CT molecular complexity index is 697. The zero-order chi connectivity index (χ0) is 18.8. The number of alkyl carbamates (subject to hydrolysis) is 1. The third-order valence-electron chi connectivity index (χ3n) is 3.55. The summed E-state index contributed by atoms with van der Waals surface area (Å²) in [6.07, 6.45) is -0.648. The number of nitrogens with one attached hydrogen (secondary N) is 1. The molecule has 138 valence electrons. The summed E-state index contributed by atoms with van der Waals surface area (Å²) in [7, 11) is 2.90. The first-order chi connectivity index (χ1) is 12.6. The molecule has 0 unspecified atom stereocenters. The second-order valence-corrected chi connectivity index (χ2v) is 6.49. The Morgan fingerprint density at radius 3 is 2.31 bits per heavy atom. The molecule has 2 rings (SSSR count). The number of carbonyl (C=O) groups excluding carboxylic acids is 2. The molecule has 7 heteroatoms. The number of benzene rings is 2. The minimum atomic E-state index is -0.770. The Balaban J connectivity index is 1.93. The van der Waals surface area contributed by atoms with Crippen molar-refractivity contribution in [2.24, 2.45) is 0 Å². The molecule has 2 aromatic rings. The first-order valence-electron chi connectivity index (χ1n) is 8.07. The monoisotopic (exact) mass is 374 g/mol. The highest BCUT2D eigenvalue weighted by atomic mass is 32.2. The molecule has 0 aliphatic rings. The SMILES string of the molecule is CON(C)C(=O)[C@H](CSc1ccccc1)NC(=O)OCc1ccccc1. The smallest absolute Gasteiger partial charge is 0.408 e. The molecule has 0 aliphatic heterocycles. The van der Waals surface area contributed by atoms with Crippen molar-refractivity contribution in [3.8, 4) is 0 Å². The van der Waals surface area contributed by atoms with E-state index in [4.69, 9.17) is 9.57 Å². The van der Waals surface area contributed by atoms with Crippen LogP contribution in [0, 0.1) is 0 Å². The van der Waals surface area contributed by atoms with E-state index in [0.717, 1.165) is 15.5 Å². The zero-order valence-corrected chi connectivity index (χ0v) is 15.6. The summed E-state index contributed by atoms with van der Waals surface area (Å²) in [5.74, 6) is 0.00404. The summed E-state index contributed by atoms with van der Waals surface area (Å²) in [6.45, 7) is 0.138. The predicted molar refractivity (Wildman–Crippen MR) is 100 cm³/mol. The second kappa shape index (κ2) is 10.5. The highest BCUT2D eigenvalue weighted by molar-refractivity contribution is 7.99. The molecular weight excluding hydrogens is 352 g/mol. The second-order valence-electron chi connectivity index (χ2n) is 5.40. The van der Waals surface area contributed by atoms with Crippen LogP contribution in [0.15, 0.2) is 65.6 Å². The Kier molecular flexibility index (Phi) is 7.98. The Morgan fingerprint density at radius 2 is 1.69 bits per heavy atom. The molecule has 2 aromatic carbocycles. The van der Waals surface area contributed by atoms with Gasteiger partial charge < -0.3 is 10.1 Å². The number of hydrogen-bond donors (Lipinski definition) is 1. The average Bonchev–Trinajstić information content (AvgIpc) is 2.70. The van der Waals surface area contributed by atoms with Crippen molar-refractivity contribution in [1.29, 1.82) is 0 Å². The quantitative estimate of drug-likeness (QED) is 0.568. The average molecular weight is 374 g/mol. The molecule has 0 heterocycles. The normalized spacial score (nSPS) is 11.5. The van der Waals surface area contributed by atoms with Crippen LogP contribution in [0.4, 0.5) is 4.79 Å². The summed E-state index contributed by atoms with van der Waals surface area (Å²) >= 11 is 1.47. The first kappa shape index (κ1) is 19.8. The summed E-state index contributed by atoms with van der Waals surface area (Å²) in [6, 6.07) is 18.2. The van der Waals surface area contributed by atoms with Gasteiger partial charge in [-0.2, -0.15) is 0 Å². The molecular formula is C19H22N2O4S. The van der Waals surface area contributed by atoms with Crippen molar-refractivity contribution >= 4 is 23.8 Å². The van der Waals surface area contributed by atoms with Crippen molar-refractivity contribution in [3.63, 3.8) is 0 Å². The van der Waals surface area contributed by atoms with Gasteiger partial charge in [0.2, 0.25) is 0 Å². The third-order valence-corrected chi connectivity index (χ3v) is 4.65. The molecule has 2 amide bonds. The van der Waals surface area contributed by atoms with Crippen LogP contribution in [-0.2, 0) is 21.0 Å². The summed E-state index contributed by atoms with van der Waals surface area (Å²) in [4.78, 5) is 30.5. The maximum Gasteiger partial charge on any atom is 0.408 e. The number of hydrogen-bond acceptors (Lipinski definition) is 5. The number of thioether (sulfide) groups is 1. The van der Waals surface area contributed by atoms with Gasteiger partial charge >= 0.3 is 6.09 Å². The van der Waals surface area contributed by atoms with Gasteiger partial charge in [0, 0.05) is 17.7 Å². The van der Waals surface area contributed by atoms with Gasteiger partial charge in [0.15, 0.2) is 0 Å². The van der Waals surface area contributed by atoms with Crippen LogP contribution in [0.3, 0.4) is 0 Å². The van der Waals surface area contributed by atoms with E-state index < -0.39 is 12.1 Å². The van der Waals surface area contributed by atoms with E-state index in [1.807, 2.05) is 60.7 Å². The number of carbonyl (C=O) groups is 2. The van der Waals surface area contributed by atoms with Crippen molar-refractivity contribution < 1.29 is 19.2 Å². The van der Waals surface area contributed by atoms with E-state index in [1.165, 1.54) is 25.9 Å². The van der Waals surface area contributed by atoms with Gasteiger partial charge in [-0.25, -0.2) is 9.86 Å². The summed E-state index contributed by atoms with van der Waals surface area (Å²) in [5.41, 5.74) is 0.873. The highest BCUT2D eigenvalue weighted by Crippen LogP contribution is 2.18. The molecule has 0 saturated heterocycles. The van der Waals surface area contributed by atoms with Gasteiger partial charge in [-0.3, -0.25) is 9.63 Å². The van der Waals surface area contributed by atoms with Gasteiger partial charge in [0.1, 0.15) is 12.6 Å². The third kappa shape index (κ3) is 6.42. The zero-order valence-electron chi connectivity index (χ0n) is 14.8. The highest BCUT2D eigenvalue weighted by Gasteiger charge is 2.25. The van der Waals surface area contributed by atoms with E-state index in [9.17, 15) is 9.59 Å². The fraction of sp³-hybridized carbons (Fsp3) is 0.263. The van der Waals surface area contributed by atoms with Gasteiger partial charge in [0.05, 0.1) is 7.11 Å². The van der Waals surface area contributed by atoms with E-state index in [-0.39, 0.29) is 12.5 Å². The fourth-order valence-corrected chi connectivity index (χ4v) is 3.02. The van der Waals surface area contributed by atoms with Crippen LogP contribution in [-0.4, -0.2) is 43.0 Å². The van der Waals surface area contributed by atoms with Crippen molar-refractivity contribution in [3.05, 3.63) is 66.2 Å². The molecule has 0 saturated carbocycles. The summed E-state index contributed by atoms with van der Waals surface area (Å²) < 4.78 is 5.20. The lowest BCUT2D eigenvalue weighted by molar-refractivity contribution is -0.170. The first-order valence-corrected chi connectivity index (χ1v) is 9.05. The van der Waals surface area contributed by atoms with E-state index in [1.54, 1.807) is 0 Å². The molecule has 0 spiro atoms. The number of rotatable bonds is 8. The summed E-state index contributed by atoms with van der Waals surface area (Å²) in [5, 5.41) is 3.71. The van der Waals surface area contributed by atoms with Crippen molar-refractivity contribution in [1.82, 2.24) is 10.4 Å². The number of ether oxygens (including phenoxy) is 1. The fourth-order valence-electron chi connectivity index (χ4n) is 2.09. The van der Waals surface area contributed by atoms with Crippen LogP contribution in [0.1, 0.15) is 5.56 Å². The van der Waals surface area contributed by atoms with Crippen LogP contribution in [0.5, 0.6) is 0 Å². The molecule has 26 heavy (non-hydrogen) atoms. The number of hydroxylamine groups is 2. The minimum Gasteiger partial charge on any atom is -0.445 e. The topological polar surface area (TPSA) is 67.9 Å². The van der Waals surface area contributed by atoms with Crippen LogP contribution in [0.25, 0.3) is 0 Å². The Morgan fingerprint density at radius 1 is 1.08 bits per heavy atom.